The number of likely N-dealkylation sites (N-methyl/N-ethyl adjacent to an activating group) is 1. The molecule has 2 aromatic rings. The van der Waals surface area contributed by atoms with E-state index in [1.165, 1.54) is 24.3 Å². The van der Waals surface area contributed by atoms with E-state index in [1.54, 1.807) is 14.0 Å². The average Bonchev–Trinajstić information content (AvgIpc) is 2.60. The molecule has 2 rings (SSSR count). The number of hydrogen-bond acceptors (Lipinski definition) is 5. The smallest absolute Gasteiger partial charge is 0.241 e. The Bertz CT molecular complexity index is 866. The fraction of sp³-hybridized carbons (Fsp3) is 0.278. The number of ether oxygens (including phenoxy) is 1. The van der Waals surface area contributed by atoms with Crippen molar-refractivity contribution in [3.63, 3.8) is 0 Å². The first kappa shape index (κ1) is 19.9. The Morgan fingerprint density at radius 2 is 1.88 bits per heavy atom. The number of hydrogen-bond donors (Lipinski definition) is 2. The Balaban J connectivity index is 1.99. The molecular weight excluding hydrogens is 354 g/mol. The molecule has 8 heteroatoms. The van der Waals surface area contributed by atoms with Gasteiger partial charge in [-0.2, -0.15) is 0 Å². The summed E-state index contributed by atoms with van der Waals surface area (Å²) in [5.41, 5.74) is 1.54. The minimum absolute atomic E-state index is 0.00121. The Kier molecular flexibility index (Phi) is 6.36. The lowest BCUT2D eigenvalue weighted by atomic mass is 10.1. The van der Waals surface area contributed by atoms with E-state index < -0.39 is 10.0 Å². The van der Waals surface area contributed by atoms with Crippen LogP contribution in [-0.2, 0) is 21.4 Å². The number of nitrogens with two attached hydrogens (primary N) is 1. The standard InChI is InChI=1S/C18H23N3O4S/c1-13(21(2)12-14-5-4-6-16(11-14)25-3)18(22)20-15-7-9-17(10-8-15)26(19,23)24/h4-11,13H,12H2,1-3H3,(H,20,22)(H2,19,23,24). The van der Waals surface area contributed by atoms with Crippen molar-refractivity contribution < 1.29 is 17.9 Å². The number of methoxy groups -OCH3 is 1. The van der Waals surface area contributed by atoms with Gasteiger partial charge in [0.1, 0.15) is 5.75 Å². The lowest BCUT2D eigenvalue weighted by molar-refractivity contribution is -0.120. The number of benzene rings is 2. The number of carbonyl (C=O) groups is 1. The highest BCUT2D eigenvalue weighted by molar-refractivity contribution is 7.89. The van der Waals surface area contributed by atoms with Crippen molar-refractivity contribution in [2.45, 2.75) is 24.4 Å². The van der Waals surface area contributed by atoms with Gasteiger partial charge in [-0.25, -0.2) is 13.6 Å². The molecule has 0 saturated heterocycles. The minimum Gasteiger partial charge on any atom is -0.497 e. The lowest BCUT2D eigenvalue weighted by Gasteiger charge is -2.24. The summed E-state index contributed by atoms with van der Waals surface area (Å²) < 4.78 is 27.7. The van der Waals surface area contributed by atoms with Gasteiger partial charge in [-0.05, 0) is 55.9 Å². The molecule has 3 N–H and O–H groups in total. The second-order valence-electron chi connectivity index (χ2n) is 6.00. The highest BCUT2D eigenvalue weighted by atomic mass is 32.2. The molecule has 26 heavy (non-hydrogen) atoms. The van der Waals surface area contributed by atoms with E-state index in [-0.39, 0.29) is 16.8 Å². The molecule has 0 bridgehead atoms. The van der Waals surface area contributed by atoms with E-state index >= 15 is 0 Å². The van der Waals surface area contributed by atoms with Crippen LogP contribution in [-0.4, -0.2) is 39.4 Å². The number of amides is 1. The zero-order chi connectivity index (χ0) is 19.3. The normalized spacial score (nSPS) is 12.7. The molecule has 0 heterocycles. The number of nitrogens with zero attached hydrogens (tertiary/aromatic N) is 1. The predicted octanol–water partition coefficient (Wildman–Crippen LogP) is 1.80. The molecule has 1 unspecified atom stereocenters. The van der Waals surface area contributed by atoms with Gasteiger partial charge in [0.05, 0.1) is 18.0 Å². The monoisotopic (exact) mass is 377 g/mol. The van der Waals surface area contributed by atoms with E-state index in [0.29, 0.717) is 12.2 Å². The number of carbonyl (C=O) groups excluding carboxylic acids is 1. The quantitative estimate of drug-likeness (QED) is 0.766. The van der Waals surface area contributed by atoms with Gasteiger partial charge in [0.15, 0.2) is 0 Å². The van der Waals surface area contributed by atoms with E-state index in [9.17, 15) is 13.2 Å². The molecule has 0 aliphatic rings. The number of anilines is 1. The van der Waals surface area contributed by atoms with Gasteiger partial charge in [0.2, 0.25) is 15.9 Å². The summed E-state index contributed by atoms with van der Waals surface area (Å²) in [7, 11) is -0.283. The fourth-order valence-electron chi connectivity index (χ4n) is 2.37. The van der Waals surface area contributed by atoms with E-state index in [0.717, 1.165) is 11.3 Å². The van der Waals surface area contributed by atoms with Crippen LogP contribution in [0, 0.1) is 0 Å². The van der Waals surface area contributed by atoms with Crippen LogP contribution in [0.4, 0.5) is 5.69 Å². The van der Waals surface area contributed by atoms with Crippen molar-refractivity contribution in [3.05, 3.63) is 54.1 Å². The molecule has 7 nitrogen and oxygen atoms in total. The van der Waals surface area contributed by atoms with Crippen LogP contribution in [0.15, 0.2) is 53.4 Å². The summed E-state index contributed by atoms with van der Waals surface area (Å²) in [5.74, 6) is 0.571. The van der Waals surface area contributed by atoms with Gasteiger partial charge in [-0.1, -0.05) is 12.1 Å². The maximum absolute atomic E-state index is 12.4. The molecule has 2 aromatic carbocycles. The molecule has 1 atom stereocenters. The molecule has 140 valence electrons. The fourth-order valence-corrected chi connectivity index (χ4v) is 2.89. The number of primary sulfonamides is 1. The summed E-state index contributed by atoms with van der Waals surface area (Å²) in [6.45, 7) is 2.38. The highest BCUT2D eigenvalue weighted by Crippen LogP contribution is 2.16. The zero-order valence-electron chi connectivity index (χ0n) is 15.0. The van der Waals surface area contributed by atoms with Gasteiger partial charge >= 0.3 is 0 Å². The van der Waals surface area contributed by atoms with Crippen LogP contribution >= 0.6 is 0 Å². The molecule has 0 fully saturated rings. The summed E-state index contributed by atoms with van der Waals surface area (Å²) >= 11 is 0. The topological polar surface area (TPSA) is 102 Å². The number of nitrogens with one attached hydrogen (secondary N) is 1. The Morgan fingerprint density at radius 3 is 2.46 bits per heavy atom. The van der Waals surface area contributed by atoms with Crippen LogP contribution in [0.2, 0.25) is 0 Å². The molecule has 0 aromatic heterocycles. The van der Waals surface area contributed by atoms with Crippen LogP contribution < -0.4 is 15.2 Å². The van der Waals surface area contributed by atoms with Crippen molar-refractivity contribution in [1.29, 1.82) is 0 Å². The SMILES string of the molecule is COc1cccc(CN(C)C(C)C(=O)Nc2ccc(S(N)(=O)=O)cc2)c1. The van der Waals surface area contributed by atoms with Gasteiger partial charge in [0, 0.05) is 12.2 Å². The number of sulfonamides is 1. The van der Waals surface area contributed by atoms with E-state index in [1.807, 2.05) is 36.2 Å². The molecular formula is C18H23N3O4S. The predicted molar refractivity (Wildman–Crippen MR) is 100 cm³/mol. The molecule has 0 saturated carbocycles. The van der Waals surface area contributed by atoms with E-state index in [4.69, 9.17) is 9.88 Å². The Hall–Kier alpha value is -2.42. The highest BCUT2D eigenvalue weighted by Gasteiger charge is 2.18. The van der Waals surface area contributed by atoms with Crippen molar-refractivity contribution in [2.75, 3.05) is 19.5 Å². The molecule has 0 aliphatic heterocycles. The van der Waals surface area contributed by atoms with Crippen LogP contribution in [0.25, 0.3) is 0 Å². The lowest BCUT2D eigenvalue weighted by Crippen LogP contribution is -2.39. The number of rotatable bonds is 7. The first-order valence-corrected chi connectivity index (χ1v) is 9.52. The third kappa shape index (κ3) is 5.29. The van der Waals surface area contributed by atoms with Crippen molar-refractivity contribution in [2.24, 2.45) is 5.14 Å². The van der Waals surface area contributed by atoms with E-state index in [2.05, 4.69) is 5.32 Å². The third-order valence-electron chi connectivity index (χ3n) is 4.06. The summed E-state index contributed by atoms with van der Waals surface area (Å²) in [6, 6.07) is 13.0. The van der Waals surface area contributed by atoms with Gasteiger partial charge in [-0.15, -0.1) is 0 Å². The van der Waals surface area contributed by atoms with Gasteiger partial charge < -0.3 is 10.1 Å². The average molecular weight is 377 g/mol. The molecule has 1 amide bonds. The van der Waals surface area contributed by atoms with Crippen molar-refractivity contribution in [3.8, 4) is 5.75 Å². The van der Waals surface area contributed by atoms with Crippen molar-refractivity contribution >= 4 is 21.6 Å². The second-order valence-corrected chi connectivity index (χ2v) is 7.56. The molecule has 0 aliphatic carbocycles. The van der Waals surface area contributed by atoms with Crippen molar-refractivity contribution in [1.82, 2.24) is 4.90 Å². The maximum atomic E-state index is 12.4. The first-order chi connectivity index (χ1) is 12.2. The van der Waals surface area contributed by atoms with Gasteiger partial charge in [-0.3, -0.25) is 9.69 Å². The van der Waals surface area contributed by atoms with Crippen LogP contribution in [0.1, 0.15) is 12.5 Å². The summed E-state index contributed by atoms with van der Waals surface area (Å²) in [6.07, 6.45) is 0. The zero-order valence-corrected chi connectivity index (χ0v) is 15.8. The molecule has 0 radical (unpaired) electrons. The minimum atomic E-state index is -3.75. The Labute approximate surface area is 153 Å². The molecule has 0 spiro atoms. The largest absolute Gasteiger partial charge is 0.497 e. The third-order valence-corrected chi connectivity index (χ3v) is 4.99. The first-order valence-electron chi connectivity index (χ1n) is 7.97. The van der Waals surface area contributed by atoms with Gasteiger partial charge in [0.25, 0.3) is 0 Å². The second kappa shape index (κ2) is 8.31. The summed E-state index contributed by atoms with van der Waals surface area (Å²) in [5, 5.41) is 7.83. The summed E-state index contributed by atoms with van der Waals surface area (Å²) in [4.78, 5) is 14.3. The van der Waals surface area contributed by atoms with Crippen LogP contribution in [0.3, 0.4) is 0 Å². The maximum Gasteiger partial charge on any atom is 0.241 e. The Morgan fingerprint density at radius 1 is 1.23 bits per heavy atom. The van der Waals surface area contributed by atoms with Crippen LogP contribution in [0.5, 0.6) is 5.75 Å².